The van der Waals surface area contributed by atoms with Gasteiger partial charge in [0.15, 0.2) is 30.6 Å². The van der Waals surface area contributed by atoms with Gasteiger partial charge >= 0.3 is 17.9 Å². The number of ketones is 1. The van der Waals surface area contributed by atoms with Crippen molar-refractivity contribution in [1.82, 2.24) is 0 Å². The van der Waals surface area contributed by atoms with Crippen LogP contribution in [-0.4, -0.2) is 134 Å². The largest absolute Gasteiger partial charge is 0.479 e. The Morgan fingerprint density at radius 3 is 1.70 bits per heavy atom. The van der Waals surface area contributed by atoms with E-state index in [1.165, 1.54) is 95.5 Å². The van der Waals surface area contributed by atoms with E-state index < -0.39 is 101 Å². The molecular weight excluding hydrogens is 977 g/mol. The zero-order valence-corrected chi connectivity index (χ0v) is 47.3. The van der Waals surface area contributed by atoms with Crippen LogP contribution >= 0.6 is 0 Å². The van der Waals surface area contributed by atoms with Gasteiger partial charge in [-0.3, -0.25) is 9.59 Å². The van der Waals surface area contributed by atoms with E-state index in [2.05, 4.69) is 55.4 Å². The van der Waals surface area contributed by atoms with Gasteiger partial charge in [-0.25, -0.2) is 9.59 Å². The molecule has 0 radical (unpaired) electrons. The van der Waals surface area contributed by atoms with Gasteiger partial charge in [0.25, 0.3) is 0 Å². The molecule has 0 aromatic heterocycles. The lowest BCUT2D eigenvalue weighted by Gasteiger charge is -2.70. The first-order valence-electron chi connectivity index (χ1n) is 29.7. The van der Waals surface area contributed by atoms with Gasteiger partial charge in [-0.1, -0.05) is 150 Å². The molecule has 0 bridgehead atoms. The van der Waals surface area contributed by atoms with Crippen molar-refractivity contribution in [3.63, 3.8) is 0 Å². The zero-order valence-electron chi connectivity index (χ0n) is 47.3. The molecule has 0 spiro atoms. The number of aliphatic hydroxyl groups is 5. The average Bonchev–Trinajstić information content (AvgIpc) is 3.36. The van der Waals surface area contributed by atoms with Crippen LogP contribution in [0.3, 0.4) is 0 Å². The summed E-state index contributed by atoms with van der Waals surface area (Å²) in [6.45, 7) is 18.2. The highest BCUT2D eigenvalue weighted by molar-refractivity contribution is 5.95. The molecule has 434 valence electrons. The summed E-state index contributed by atoms with van der Waals surface area (Å²) < 4.78 is 29.7. The second-order valence-corrected chi connectivity index (χ2v) is 26.8. The fourth-order valence-corrected chi connectivity index (χ4v) is 16.3. The molecule has 16 heteroatoms. The molecule has 7 aliphatic rings. The minimum absolute atomic E-state index is 0.0484. The van der Waals surface area contributed by atoms with Crippen LogP contribution in [0.2, 0.25) is 0 Å². The molecule has 2 saturated heterocycles. The van der Waals surface area contributed by atoms with Crippen LogP contribution in [0.4, 0.5) is 0 Å². The number of carboxylic acid groups (broad SMARTS) is 2. The number of ether oxygens (including phenoxy) is 5. The summed E-state index contributed by atoms with van der Waals surface area (Å²) in [6, 6.07) is 0. The Hall–Kier alpha value is -2.54. The Morgan fingerprint density at radius 2 is 1.13 bits per heavy atom. The number of aliphatic carboxylic acids is 2. The molecule has 2 heterocycles. The van der Waals surface area contributed by atoms with Gasteiger partial charge in [0.05, 0.1) is 18.1 Å². The van der Waals surface area contributed by atoms with Gasteiger partial charge in [0.1, 0.15) is 36.6 Å². The predicted molar refractivity (Wildman–Crippen MR) is 282 cm³/mol. The molecule has 2 aliphatic heterocycles. The SMILES string of the molecule is CCCCCCCCCCCCCCCCCCOC(=O)[C@@]1(C)CC[C@]2(C)CC[C@]3(C)C(=CC(=O)[C@@H]4[C@@]5(C)CC[C@H](O[C@@H]6O[C@H](C(=O)O)[C@@H](O)[C@H](O)[C@H]6O[C@@H]6O[C@H](C(=O)O)[C@@H](O)[C@H](O)[C@H]6O)C(C)(C)[C@@H]5CC[C@]43C)[C@@H]2C1. The molecule has 0 aromatic carbocycles. The van der Waals surface area contributed by atoms with Gasteiger partial charge in [0.2, 0.25) is 0 Å². The molecule has 19 atom stereocenters. The first-order chi connectivity index (χ1) is 35.8. The lowest BCUT2D eigenvalue weighted by atomic mass is 9.33. The van der Waals surface area contributed by atoms with Crippen LogP contribution in [0.1, 0.15) is 216 Å². The normalized spacial score (nSPS) is 42.9. The summed E-state index contributed by atoms with van der Waals surface area (Å²) in [5, 5.41) is 73.5. The Labute approximate surface area is 452 Å². The second kappa shape index (κ2) is 24.7. The van der Waals surface area contributed by atoms with Crippen molar-refractivity contribution in [3.05, 3.63) is 11.6 Å². The summed E-state index contributed by atoms with van der Waals surface area (Å²) in [5.74, 6) is -3.61. The number of aliphatic hydroxyl groups excluding tert-OH is 5. The van der Waals surface area contributed by atoms with Gasteiger partial charge in [-0.15, -0.1) is 0 Å². The van der Waals surface area contributed by atoms with Crippen LogP contribution in [0.25, 0.3) is 0 Å². The average molecular weight is 1080 g/mol. The lowest BCUT2D eigenvalue weighted by molar-refractivity contribution is -0.371. The number of allylic oxidation sites excluding steroid dienone is 2. The third-order valence-electron chi connectivity index (χ3n) is 21.4. The van der Waals surface area contributed by atoms with Crippen molar-refractivity contribution in [1.29, 1.82) is 0 Å². The summed E-state index contributed by atoms with van der Waals surface area (Å²) >= 11 is 0. The number of carboxylic acids is 2. The summed E-state index contributed by atoms with van der Waals surface area (Å²) in [7, 11) is 0. The Bertz CT molecular complexity index is 2040. The maximum Gasteiger partial charge on any atom is 0.335 e. The van der Waals surface area contributed by atoms with Crippen molar-refractivity contribution in [2.75, 3.05) is 6.61 Å². The Kier molecular flexibility index (Phi) is 19.8. The van der Waals surface area contributed by atoms with Gasteiger partial charge < -0.3 is 59.4 Å². The van der Waals surface area contributed by atoms with E-state index >= 15 is 4.79 Å². The monoisotopic (exact) mass is 1070 g/mol. The Balaban J connectivity index is 0.978. The maximum atomic E-state index is 15.2. The van der Waals surface area contributed by atoms with E-state index in [-0.39, 0.29) is 40.3 Å². The van der Waals surface area contributed by atoms with Crippen molar-refractivity contribution >= 4 is 23.7 Å². The number of hydrogen-bond donors (Lipinski definition) is 7. The first kappa shape index (κ1) is 61.1. The van der Waals surface area contributed by atoms with E-state index in [0.29, 0.717) is 25.9 Å². The number of unbranched alkanes of at least 4 members (excludes halogenated alkanes) is 15. The predicted octanol–water partition coefficient (Wildman–Crippen LogP) is 8.97. The molecule has 5 aliphatic carbocycles. The van der Waals surface area contributed by atoms with Crippen molar-refractivity contribution in [2.24, 2.45) is 50.2 Å². The van der Waals surface area contributed by atoms with Crippen molar-refractivity contribution in [3.8, 4) is 0 Å². The van der Waals surface area contributed by atoms with E-state index in [1.807, 2.05) is 6.08 Å². The fourth-order valence-electron chi connectivity index (χ4n) is 16.3. The van der Waals surface area contributed by atoms with Crippen LogP contribution in [0.15, 0.2) is 11.6 Å². The molecule has 0 aromatic rings. The number of rotatable bonds is 24. The van der Waals surface area contributed by atoms with Crippen LogP contribution < -0.4 is 0 Å². The van der Waals surface area contributed by atoms with Crippen LogP contribution in [0, 0.1) is 50.2 Å². The van der Waals surface area contributed by atoms with Gasteiger partial charge in [0, 0.05) is 5.92 Å². The lowest BCUT2D eigenvalue weighted by Crippen LogP contribution is -2.68. The van der Waals surface area contributed by atoms with E-state index in [4.69, 9.17) is 23.7 Å². The third-order valence-corrected chi connectivity index (χ3v) is 21.4. The number of carbonyl (C=O) groups is 4. The minimum atomic E-state index is -2.04. The summed E-state index contributed by atoms with van der Waals surface area (Å²) in [6.07, 6.45) is 9.06. The molecule has 7 N–H and O–H groups in total. The van der Waals surface area contributed by atoms with Crippen LogP contribution in [0.5, 0.6) is 0 Å². The van der Waals surface area contributed by atoms with E-state index in [0.717, 1.165) is 51.4 Å². The maximum absolute atomic E-state index is 15.2. The fraction of sp³-hybridized carbons (Fsp3) is 0.900. The standard InChI is InChI=1S/C60H98O16/c1-9-10-11-12-13-14-15-16-17-18-19-20-21-22-23-24-33-72-54(71)57(5)30-29-56(4)31-32-59(7)36(37(56)35-57)34-38(61)49-58(6)27-26-40(55(2,3)39(58)25-28-60(49,59)8)73-53-48(44(65)43(64)47(75-53)51(69)70)76-52-45(66)41(62)42(63)46(74-52)50(67)68/h34,37,39-49,52-53,62-66H,9-33,35H2,1-8H3,(H,67,68)(H,69,70)/t37-,39-,40-,41-,42-,43-,44-,45+,46-,47-,48+,49+,52-,53+,56+,57-,58-,59+,60+/m0/s1. The summed E-state index contributed by atoms with van der Waals surface area (Å²) in [5.41, 5.74) is -1.41. The highest BCUT2D eigenvalue weighted by Gasteiger charge is 2.71. The molecular formula is C60H98O16. The molecule has 76 heavy (non-hydrogen) atoms. The second-order valence-electron chi connectivity index (χ2n) is 26.8. The summed E-state index contributed by atoms with van der Waals surface area (Å²) in [4.78, 5) is 53.5. The molecule has 7 rings (SSSR count). The number of carbonyl (C=O) groups excluding carboxylic acids is 2. The highest BCUT2D eigenvalue weighted by Crippen LogP contribution is 2.75. The topological polar surface area (TPSA) is 256 Å². The van der Waals surface area contributed by atoms with Crippen molar-refractivity contribution in [2.45, 2.75) is 283 Å². The molecule has 16 nitrogen and oxygen atoms in total. The first-order valence-corrected chi connectivity index (χ1v) is 29.7. The Morgan fingerprint density at radius 1 is 0.605 bits per heavy atom. The van der Waals surface area contributed by atoms with E-state index in [9.17, 15) is 50.1 Å². The quantitative estimate of drug-likeness (QED) is 0.0270. The van der Waals surface area contributed by atoms with Gasteiger partial charge in [-0.2, -0.15) is 0 Å². The number of fused-ring (bicyclic) bond motifs is 7. The molecule has 4 saturated carbocycles. The molecule has 6 fully saturated rings. The van der Waals surface area contributed by atoms with Crippen molar-refractivity contribution < 1.29 is 78.6 Å². The van der Waals surface area contributed by atoms with E-state index in [1.54, 1.807) is 0 Å². The highest BCUT2D eigenvalue weighted by atomic mass is 16.8. The number of hydrogen-bond acceptors (Lipinski definition) is 14. The number of esters is 1. The van der Waals surface area contributed by atoms with Gasteiger partial charge in [-0.05, 0) is 116 Å². The molecule has 0 unspecified atom stereocenters. The minimum Gasteiger partial charge on any atom is -0.479 e. The zero-order chi connectivity index (χ0) is 55.6. The third kappa shape index (κ3) is 11.9. The smallest absolute Gasteiger partial charge is 0.335 e. The molecule has 0 amide bonds. The van der Waals surface area contributed by atoms with Crippen LogP contribution in [-0.2, 0) is 42.9 Å².